The largest absolute Gasteiger partial charge is 0.391 e. The molecule has 122 valence electrons. The van der Waals surface area contributed by atoms with Crippen molar-refractivity contribution < 1.29 is 4.84 Å². The van der Waals surface area contributed by atoms with E-state index in [0.717, 1.165) is 33.2 Å². The highest BCUT2D eigenvalue weighted by atomic mass is 35.5. The van der Waals surface area contributed by atoms with Crippen LogP contribution in [-0.4, -0.2) is 10.8 Å². The van der Waals surface area contributed by atoms with E-state index in [1.165, 1.54) is 0 Å². The minimum absolute atomic E-state index is 0.466. The summed E-state index contributed by atoms with van der Waals surface area (Å²) < 4.78 is 2.18. The Balaban J connectivity index is 1.74. The van der Waals surface area contributed by atoms with E-state index in [0.29, 0.717) is 6.61 Å². The van der Waals surface area contributed by atoms with Crippen LogP contribution in [0, 0.1) is 13.8 Å². The van der Waals surface area contributed by atoms with Gasteiger partial charge in [0, 0.05) is 27.7 Å². The van der Waals surface area contributed by atoms with Crippen LogP contribution in [-0.2, 0) is 11.4 Å². The maximum absolute atomic E-state index is 5.97. The van der Waals surface area contributed by atoms with E-state index in [1.807, 2.05) is 54.6 Å². The fourth-order valence-corrected chi connectivity index (χ4v) is 2.81. The van der Waals surface area contributed by atoms with Gasteiger partial charge < -0.3 is 9.40 Å². The molecule has 0 aliphatic rings. The molecule has 0 aliphatic heterocycles. The third-order valence-corrected chi connectivity index (χ3v) is 4.15. The summed E-state index contributed by atoms with van der Waals surface area (Å²) in [6.45, 7) is 4.61. The van der Waals surface area contributed by atoms with Gasteiger partial charge in [-0.25, -0.2) is 0 Å². The van der Waals surface area contributed by atoms with Crippen LogP contribution in [0.2, 0.25) is 5.02 Å². The fraction of sp³-hybridized carbons (Fsp3) is 0.150. The van der Waals surface area contributed by atoms with E-state index < -0.39 is 0 Å². The Morgan fingerprint density at radius 2 is 1.75 bits per heavy atom. The number of oxime groups is 1. The third kappa shape index (κ3) is 3.69. The van der Waals surface area contributed by atoms with Gasteiger partial charge >= 0.3 is 0 Å². The second-order valence-corrected chi connectivity index (χ2v) is 6.07. The second-order valence-electron chi connectivity index (χ2n) is 5.63. The molecule has 0 unspecified atom stereocenters. The van der Waals surface area contributed by atoms with Crippen molar-refractivity contribution in [3.05, 3.63) is 88.2 Å². The van der Waals surface area contributed by atoms with Crippen LogP contribution in [0.3, 0.4) is 0 Å². The van der Waals surface area contributed by atoms with Gasteiger partial charge in [0.1, 0.15) is 6.61 Å². The first kappa shape index (κ1) is 16.3. The first-order chi connectivity index (χ1) is 11.6. The van der Waals surface area contributed by atoms with Crippen LogP contribution in [0.4, 0.5) is 0 Å². The number of hydrogen-bond acceptors (Lipinski definition) is 2. The quantitative estimate of drug-likeness (QED) is 0.458. The molecule has 0 bridgehead atoms. The molecule has 0 fully saturated rings. The molecule has 0 radical (unpaired) electrons. The van der Waals surface area contributed by atoms with Crippen LogP contribution in [0.1, 0.15) is 22.5 Å². The van der Waals surface area contributed by atoms with E-state index >= 15 is 0 Å². The van der Waals surface area contributed by atoms with E-state index in [1.54, 1.807) is 6.21 Å². The van der Waals surface area contributed by atoms with Crippen molar-refractivity contribution >= 4 is 17.8 Å². The maximum Gasteiger partial charge on any atom is 0.142 e. The van der Waals surface area contributed by atoms with E-state index in [9.17, 15) is 0 Å². The summed E-state index contributed by atoms with van der Waals surface area (Å²) >= 11 is 5.97. The lowest BCUT2D eigenvalue weighted by Gasteiger charge is -2.09. The van der Waals surface area contributed by atoms with Crippen LogP contribution in [0.5, 0.6) is 0 Å². The van der Waals surface area contributed by atoms with Crippen molar-refractivity contribution in [2.75, 3.05) is 0 Å². The predicted octanol–water partition coefficient (Wildman–Crippen LogP) is 5.30. The van der Waals surface area contributed by atoms with Gasteiger partial charge in [-0.1, -0.05) is 47.1 Å². The van der Waals surface area contributed by atoms with Crippen molar-refractivity contribution in [2.45, 2.75) is 20.5 Å². The molecule has 3 nitrogen and oxygen atoms in total. The molecule has 0 amide bonds. The van der Waals surface area contributed by atoms with Crippen LogP contribution < -0.4 is 0 Å². The Morgan fingerprint density at radius 1 is 1.04 bits per heavy atom. The molecule has 3 rings (SSSR count). The molecule has 2 aromatic carbocycles. The number of hydrogen-bond donors (Lipinski definition) is 0. The zero-order valence-electron chi connectivity index (χ0n) is 13.7. The standard InChI is InChI=1S/C20H19ClN2O/c1-15-12-18(13-22-24-14-17-6-4-3-5-7-17)16(2)23(15)20-10-8-19(21)9-11-20/h3-13H,14H2,1-2H3/b22-13+. The van der Waals surface area contributed by atoms with Gasteiger partial charge in [0.25, 0.3) is 0 Å². The van der Waals surface area contributed by atoms with Crippen molar-refractivity contribution in [2.24, 2.45) is 5.16 Å². The topological polar surface area (TPSA) is 26.5 Å². The Labute approximate surface area is 147 Å². The Hall–Kier alpha value is -2.52. The van der Waals surface area contributed by atoms with Gasteiger partial charge in [-0.05, 0) is 49.7 Å². The van der Waals surface area contributed by atoms with E-state index in [-0.39, 0.29) is 0 Å². The van der Waals surface area contributed by atoms with Gasteiger partial charge in [0.2, 0.25) is 0 Å². The third-order valence-electron chi connectivity index (χ3n) is 3.90. The molecule has 0 N–H and O–H groups in total. The Kier molecular flexibility index (Phi) is 5.02. The summed E-state index contributed by atoms with van der Waals surface area (Å²) in [6, 6.07) is 19.9. The smallest absolute Gasteiger partial charge is 0.142 e. The molecule has 24 heavy (non-hydrogen) atoms. The number of nitrogens with zero attached hydrogens (tertiary/aromatic N) is 2. The highest BCUT2D eigenvalue weighted by Crippen LogP contribution is 2.21. The number of halogens is 1. The fourth-order valence-electron chi connectivity index (χ4n) is 2.69. The van der Waals surface area contributed by atoms with Gasteiger partial charge in [0.05, 0.1) is 6.21 Å². The van der Waals surface area contributed by atoms with Gasteiger partial charge in [-0.3, -0.25) is 0 Å². The molecule has 0 aliphatic carbocycles. The molecule has 1 heterocycles. The van der Waals surface area contributed by atoms with Crippen LogP contribution in [0.15, 0.2) is 65.8 Å². The van der Waals surface area contributed by atoms with Gasteiger partial charge in [-0.2, -0.15) is 0 Å². The molecule has 3 aromatic rings. The van der Waals surface area contributed by atoms with Crippen LogP contribution in [0.25, 0.3) is 5.69 Å². The summed E-state index contributed by atoms with van der Waals surface area (Å²) in [7, 11) is 0. The molecule has 0 saturated heterocycles. The van der Waals surface area contributed by atoms with Crippen LogP contribution >= 0.6 is 11.6 Å². The van der Waals surface area contributed by atoms with Crippen molar-refractivity contribution in [1.82, 2.24) is 4.57 Å². The summed E-state index contributed by atoms with van der Waals surface area (Å²) in [5.74, 6) is 0. The average Bonchev–Trinajstić information content (AvgIpc) is 2.88. The first-order valence-electron chi connectivity index (χ1n) is 7.79. The zero-order valence-corrected chi connectivity index (χ0v) is 14.5. The summed E-state index contributed by atoms with van der Waals surface area (Å²) in [6.07, 6.45) is 1.76. The zero-order chi connectivity index (χ0) is 16.9. The minimum Gasteiger partial charge on any atom is -0.391 e. The summed E-state index contributed by atoms with van der Waals surface area (Å²) in [4.78, 5) is 5.39. The number of aryl methyl sites for hydroxylation is 1. The molecule has 0 atom stereocenters. The van der Waals surface area contributed by atoms with E-state index in [2.05, 4.69) is 29.6 Å². The lowest BCUT2D eigenvalue weighted by Crippen LogP contribution is -1.99. The normalized spacial score (nSPS) is 11.1. The van der Waals surface area contributed by atoms with Crippen molar-refractivity contribution in [1.29, 1.82) is 0 Å². The number of benzene rings is 2. The van der Waals surface area contributed by atoms with E-state index in [4.69, 9.17) is 16.4 Å². The van der Waals surface area contributed by atoms with Gasteiger partial charge in [0.15, 0.2) is 0 Å². The predicted molar refractivity (Wildman–Crippen MR) is 99.1 cm³/mol. The lowest BCUT2D eigenvalue weighted by atomic mass is 10.2. The molecule has 0 saturated carbocycles. The Morgan fingerprint density at radius 3 is 2.46 bits per heavy atom. The molecule has 0 spiro atoms. The maximum atomic E-state index is 5.97. The first-order valence-corrected chi connectivity index (χ1v) is 8.17. The van der Waals surface area contributed by atoms with Crippen molar-refractivity contribution in [3.63, 3.8) is 0 Å². The monoisotopic (exact) mass is 338 g/mol. The van der Waals surface area contributed by atoms with Crippen molar-refractivity contribution in [3.8, 4) is 5.69 Å². The summed E-state index contributed by atoms with van der Waals surface area (Å²) in [5.41, 5.74) is 5.47. The minimum atomic E-state index is 0.466. The highest BCUT2D eigenvalue weighted by Gasteiger charge is 2.09. The molecule has 1 aromatic heterocycles. The number of aromatic nitrogens is 1. The van der Waals surface area contributed by atoms with Gasteiger partial charge in [-0.15, -0.1) is 0 Å². The number of rotatable bonds is 5. The second kappa shape index (κ2) is 7.37. The Bertz CT molecular complexity index is 836. The lowest BCUT2D eigenvalue weighted by molar-refractivity contribution is 0.132. The molecule has 4 heteroatoms. The average molecular weight is 339 g/mol. The molecular formula is C20H19ClN2O. The molecular weight excluding hydrogens is 320 g/mol. The highest BCUT2D eigenvalue weighted by molar-refractivity contribution is 6.30. The summed E-state index contributed by atoms with van der Waals surface area (Å²) in [5, 5.41) is 4.83. The SMILES string of the molecule is Cc1cc(/C=N/OCc2ccccc2)c(C)n1-c1ccc(Cl)cc1.